The Morgan fingerprint density at radius 1 is 1.00 bits per heavy atom. The van der Waals surface area contributed by atoms with Crippen molar-refractivity contribution in [2.45, 2.75) is 24.4 Å². The van der Waals surface area contributed by atoms with Crippen molar-refractivity contribution in [3.05, 3.63) is 102 Å². The summed E-state index contributed by atoms with van der Waals surface area (Å²) in [7, 11) is 1.87. The molecule has 0 aliphatic carbocycles. The summed E-state index contributed by atoms with van der Waals surface area (Å²) in [6, 6.07) is 24.0. The number of likely N-dealkylation sites (tertiary alicyclic amines) is 1. The first kappa shape index (κ1) is 24.4. The summed E-state index contributed by atoms with van der Waals surface area (Å²) < 4.78 is 19.4. The highest BCUT2D eigenvalue weighted by atomic mass is 19.1. The number of para-hydroxylation sites is 1. The summed E-state index contributed by atoms with van der Waals surface area (Å²) in [5, 5.41) is 9.93. The first-order valence-corrected chi connectivity index (χ1v) is 11.7. The molecule has 3 aromatic carbocycles. The minimum absolute atomic E-state index is 0.156. The second-order valence-electron chi connectivity index (χ2n) is 8.75. The maximum atomic E-state index is 13.8. The highest BCUT2D eigenvalue weighted by Gasteiger charge is 2.43. The summed E-state index contributed by atoms with van der Waals surface area (Å²) in [4.78, 5) is 29.4. The van der Waals surface area contributed by atoms with Crippen LogP contribution in [0.15, 0.2) is 84.9 Å². The summed E-state index contributed by atoms with van der Waals surface area (Å²) >= 11 is 0. The van der Waals surface area contributed by atoms with Crippen molar-refractivity contribution in [3.8, 4) is 5.75 Å². The number of likely N-dealkylation sites (N-methyl/N-ethyl adjacent to an activating group) is 1. The molecule has 35 heavy (non-hydrogen) atoms. The van der Waals surface area contributed by atoms with Crippen LogP contribution in [0.3, 0.4) is 0 Å². The smallest absolute Gasteiger partial charge is 0.326 e. The fourth-order valence-corrected chi connectivity index (χ4v) is 4.59. The van der Waals surface area contributed by atoms with Gasteiger partial charge in [0.25, 0.3) is 0 Å². The molecule has 0 spiro atoms. The van der Waals surface area contributed by atoms with Gasteiger partial charge in [-0.15, -0.1) is 0 Å². The molecule has 0 unspecified atom stereocenters. The zero-order valence-corrected chi connectivity index (χ0v) is 19.6. The van der Waals surface area contributed by atoms with E-state index < -0.39 is 23.7 Å². The molecule has 1 aliphatic rings. The molecule has 182 valence electrons. The molecule has 2 atom stereocenters. The quantitative estimate of drug-likeness (QED) is 0.505. The molecule has 1 saturated heterocycles. The Bertz CT molecular complexity index is 1100. The van der Waals surface area contributed by atoms with Crippen LogP contribution in [0.2, 0.25) is 0 Å². The van der Waals surface area contributed by atoms with Crippen LogP contribution in [-0.2, 0) is 9.59 Å². The van der Waals surface area contributed by atoms with E-state index in [2.05, 4.69) is 0 Å². The maximum Gasteiger partial charge on any atom is 0.326 e. The number of rotatable bonds is 9. The normalized spacial score (nSPS) is 17.7. The number of hydrogen-bond acceptors (Lipinski definition) is 4. The van der Waals surface area contributed by atoms with Crippen molar-refractivity contribution in [1.82, 2.24) is 9.80 Å². The molecule has 0 radical (unpaired) electrons. The van der Waals surface area contributed by atoms with Gasteiger partial charge in [-0.3, -0.25) is 9.69 Å². The number of halogens is 1. The zero-order chi connectivity index (χ0) is 24.8. The van der Waals surface area contributed by atoms with Gasteiger partial charge in [-0.25, -0.2) is 9.18 Å². The summed E-state index contributed by atoms with van der Waals surface area (Å²) in [5.74, 6) is -2.08. The molecule has 3 aromatic rings. The van der Waals surface area contributed by atoms with E-state index in [1.165, 1.54) is 11.0 Å². The van der Waals surface area contributed by atoms with E-state index >= 15 is 0 Å². The van der Waals surface area contributed by atoms with Crippen molar-refractivity contribution >= 4 is 11.9 Å². The van der Waals surface area contributed by atoms with E-state index in [1.807, 2.05) is 72.6 Å². The summed E-state index contributed by atoms with van der Waals surface area (Å²) in [6.45, 7) is 1.01. The predicted octanol–water partition coefficient (Wildman–Crippen LogP) is 4.02. The molecule has 1 aliphatic heterocycles. The number of amides is 1. The average molecular weight is 477 g/mol. The van der Waals surface area contributed by atoms with Gasteiger partial charge < -0.3 is 14.7 Å². The van der Waals surface area contributed by atoms with Crippen LogP contribution in [0.25, 0.3) is 0 Å². The third-order valence-corrected chi connectivity index (χ3v) is 6.52. The maximum absolute atomic E-state index is 13.8. The van der Waals surface area contributed by atoms with Gasteiger partial charge in [0.2, 0.25) is 5.91 Å². The van der Waals surface area contributed by atoms with Gasteiger partial charge >= 0.3 is 5.97 Å². The van der Waals surface area contributed by atoms with E-state index in [0.717, 1.165) is 11.1 Å². The van der Waals surface area contributed by atoms with Crippen LogP contribution in [0, 0.1) is 5.82 Å². The fraction of sp³-hybridized carbons (Fsp3) is 0.286. The lowest BCUT2D eigenvalue weighted by atomic mass is 9.90. The van der Waals surface area contributed by atoms with Crippen LogP contribution in [0.5, 0.6) is 5.75 Å². The SMILES string of the molecule is CN(CCOc1ccccc1F)[C@H]1C[C@@H](C(=O)O)N(C(=O)C(c2ccccc2)c2ccccc2)C1. The highest BCUT2D eigenvalue weighted by Crippen LogP contribution is 2.31. The van der Waals surface area contributed by atoms with Gasteiger partial charge in [-0.2, -0.15) is 0 Å². The molecule has 1 fully saturated rings. The Morgan fingerprint density at radius 2 is 1.57 bits per heavy atom. The number of carboxylic acids is 1. The third kappa shape index (κ3) is 5.69. The molecule has 1 amide bonds. The van der Waals surface area contributed by atoms with E-state index in [4.69, 9.17) is 4.74 Å². The second-order valence-corrected chi connectivity index (χ2v) is 8.75. The number of nitrogens with zero attached hydrogens (tertiary/aromatic N) is 2. The number of carbonyl (C=O) groups excluding carboxylic acids is 1. The lowest BCUT2D eigenvalue weighted by Gasteiger charge is -2.28. The molecule has 6 nitrogen and oxygen atoms in total. The molecule has 1 N–H and O–H groups in total. The molecular formula is C28H29FN2O4. The molecule has 4 rings (SSSR count). The number of benzene rings is 3. The van der Waals surface area contributed by atoms with E-state index in [9.17, 15) is 19.1 Å². The zero-order valence-electron chi connectivity index (χ0n) is 19.6. The van der Waals surface area contributed by atoms with Crippen molar-refractivity contribution < 1.29 is 23.8 Å². The standard InChI is InChI=1S/C28H29FN2O4/c1-30(16-17-35-25-15-9-8-14-23(25)29)22-18-24(28(33)34)31(19-22)27(32)26(20-10-4-2-5-11-20)21-12-6-3-7-13-21/h2-15,22,24,26H,16-19H2,1H3,(H,33,34)/t22-,24-/m0/s1. The van der Waals surface area contributed by atoms with Crippen LogP contribution in [0.1, 0.15) is 23.5 Å². The number of hydrogen-bond donors (Lipinski definition) is 1. The summed E-state index contributed by atoms with van der Waals surface area (Å²) in [5.41, 5.74) is 1.64. The predicted molar refractivity (Wildman–Crippen MR) is 131 cm³/mol. The van der Waals surface area contributed by atoms with Crippen LogP contribution < -0.4 is 4.74 Å². The number of aliphatic carboxylic acids is 1. The molecule has 0 saturated carbocycles. The van der Waals surface area contributed by atoms with Crippen molar-refractivity contribution in [2.24, 2.45) is 0 Å². The molecule has 1 heterocycles. The first-order chi connectivity index (χ1) is 17.0. The minimum Gasteiger partial charge on any atom is -0.489 e. The van der Waals surface area contributed by atoms with Gasteiger partial charge in [0.15, 0.2) is 11.6 Å². The molecule has 7 heteroatoms. The van der Waals surface area contributed by atoms with Crippen LogP contribution in [-0.4, -0.2) is 65.6 Å². The largest absolute Gasteiger partial charge is 0.489 e. The van der Waals surface area contributed by atoms with Gasteiger partial charge in [-0.1, -0.05) is 72.8 Å². The summed E-state index contributed by atoms with van der Waals surface area (Å²) in [6.07, 6.45) is 0.313. The molecular weight excluding hydrogens is 447 g/mol. The number of carboxylic acid groups (broad SMARTS) is 1. The van der Waals surface area contributed by atoms with E-state index in [1.54, 1.807) is 18.2 Å². The van der Waals surface area contributed by atoms with Crippen LogP contribution >= 0.6 is 0 Å². The number of carbonyl (C=O) groups is 2. The second kappa shape index (κ2) is 11.1. The van der Waals surface area contributed by atoms with Gasteiger partial charge in [0.1, 0.15) is 12.6 Å². The number of ether oxygens (including phenoxy) is 1. The monoisotopic (exact) mass is 476 g/mol. The van der Waals surface area contributed by atoms with Gasteiger partial charge in [0, 0.05) is 19.1 Å². The fourth-order valence-electron chi connectivity index (χ4n) is 4.59. The topological polar surface area (TPSA) is 70.1 Å². The van der Waals surface area contributed by atoms with Crippen molar-refractivity contribution in [1.29, 1.82) is 0 Å². The van der Waals surface area contributed by atoms with Crippen LogP contribution in [0.4, 0.5) is 4.39 Å². The van der Waals surface area contributed by atoms with Crippen molar-refractivity contribution in [3.63, 3.8) is 0 Å². The Labute approximate surface area is 204 Å². The Kier molecular flexibility index (Phi) is 7.77. The third-order valence-electron chi connectivity index (χ3n) is 6.52. The molecule has 0 aromatic heterocycles. The first-order valence-electron chi connectivity index (χ1n) is 11.7. The highest BCUT2D eigenvalue weighted by molar-refractivity contribution is 5.91. The van der Waals surface area contributed by atoms with Gasteiger partial charge in [0.05, 0.1) is 5.92 Å². The Morgan fingerprint density at radius 3 is 2.14 bits per heavy atom. The minimum atomic E-state index is -1.02. The average Bonchev–Trinajstić information content (AvgIpc) is 3.33. The van der Waals surface area contributed by atoms with Crippen molar-refractivity contribution in [2.75, 3.05) is 26.7 Å². The molecule has 0 bridgehead atoms. The Hall–Kier alpha value is -3.71. The van der Waals surface area contributed by atoms with E-state index in [0.29, 0.717) is 19.5 Å². The van der Waals surface area contributed by atoms with Gasteiger partial charge in [-0.05, 0) is 36.7 Å². The lowest BCUT2D eigenvalue weighted by Crippen LogP contribution is -2.44. The Balaban J connectivity index is 1.49. The lowest BCUT2D eigenvalue weighted by molar-refractivity contribution is -0.148. The van der Waals surface area contributed by atoms with E-state index in [-0.39, 0.29) is 24.3 Å².